The van der Waals surface area contributed by atoms with Crippen molar-refractivity contribution < 1.29 is 15.0 Å². The molecule has 0 radical (unpaired) electrons. The van der Waals surface area contributed by atoms with Crippen molar-refractivity contribution in [1.29, 1.82) is 0 Å². The zero-order valence-electron chi connectivity index (χ0n) is 35.0. The van der Waals surface area contributed by atoms with Crippen LogP contribution < -0.4 is 5.32 Å². The summed E-state index contributed by atoms with van der Waals surface area (Å²) in [6.07, 6.45) is 62.9. The third kappa shape index (κ3) is 40.8. The van der Waals surface area contributed by atoms with Crippen molar-refractivity contribution in [2.24, 2.45) is 0 Å². The molecule has 306 valence electrons. The van der Waals surface area contributed by atoms with Crippen molar-refractivity contribution >= 4 is 5.91 Å². The van der Waals surface area contributed by atoms with E-state index in [1.54, 1.807) is 0 Å². The van der Waals surface area contributed by atoms with Gasteiger partial charge in [-0.3, -0.25) is 4.79 Å². The fourth-order valence-electron chi connectivity index (χ4n) is 6.54. The SMILES string of the molecule is CC/C=C\C/C=C\C/C=C\C/C=C\C/C=C\C/C=C\CCCCCCCCCCCCCCCCC(=O)NC(CO)C(O)CCCCCCCCCC. The Morgan fingerprint density at radius 1 is 0.472 bits per heavy atom. The Morgan fingerprint density at radius 2 is 0.830 bits per heavy atom. The molecule has 0 aromatic rings. The van der Waals surface area contributed by atoms with E-state index in [4.69, 9.17) is 0 Å². The molecular weight excluding hydrogens is 651 g/mol. The number of unbranched alkanes of at least 4 members (excludes halogenated alkanes) is 21. The van der Waals surface area contributed by atoms with Crippen LogP contribution in [0.2, 0.25) is 0 Å². The van der Waals surface area contributed by atoms with Gasteiger partial charge >= 0.3 is 0 Å². The van der Waals surface area contributed by atoms with Gasteiger partial charge in [0.2, 0.25) is 5.91 Å². The Labute approximate surface area is 329 Å². The van der Waals surface area contributed by atoms with Crippen LogP contribution >= 0.6 is 0 Å². The fourth-order valence-corrected chi connectivity index (χ4v) is 6.54. The van der Waals surface area contributed by atoms with Crippen molar-refractivity contribution in [2.75, 3.05) is 6.61 Å². The maximum absolute atomic E-state index is 12.3. The molecule has 0 aromatic heterocycles. The molecule has 0 heterocycles. The quantitative estimate of drug-likeness (QED) is 0.0433. The highest BCUT2D eigenvalue weighted by molar-refractivity contribution is 5.76. The minimum atomic E-state index is -0.659. The highest BCUT2D eigenvalue weighted by atomic mass is 16.3. The number of aliphatic hydroxyl groups is 2. The second-order valence-electron chi connectivity index (χ2n) is 15.1. The molecule has 0 aliphatic heterocycles. The Kier molecular flexibility index (Phi) is 42.4. The highest BCUT2D eigenvalue weighted by Crippen LogP contribution is 2.15. The monoisotopic (exact) mass is 738 g/mol. The number of carbonyl (C=O) groups excluding carboxylic acids is 1. The van der Waals surface area contributed by atoms with Gasteiger partial charge in [0.1, 0.15) is 0 Å². The largest absolute Gasteiger partial charge is 0.394 e. The van der Waals surface area contributed by atoms with Gasteiger partial charge < -0.3 is 15.5 Å². The van der Waals surface area contributed by atoms with Gasteiger partial charge in [-0.25, -0.2) is 0 Å². The Bertz CT molecular complexity index is 930. The standard InChI is InChI=1S/C49H87NO3/c1-3-5-7-9-11-13-14-15-16-17-18-19-20-21-22-23-24-25-26-27-28-29-30-31-32-33-34-35-36-37-39-41-43-45-49(53)50-47(46-51)48(52)44-42-40-38-12-10-8-6-4-2/h5,7,11,13,15-16,18-19,21-22,24-25,47-48,51-52H,3-4,6,8-10,12,14,17,20,23,26-46H2,1-2H3,(H,50,53)/b7-5-,13-11-,16-15-,19-18-,22-21-,25-24-. The molecule has 4 nitrogen and oxygen atoms in total. The molecule has 0 rings (SSSR count). The van der Waals surface area contributed by atoms with Gasteiger partial charge in [0, 0.05) is 6.42 Å². The molecule has 0 spiro atoms. The highest BCUT2D eigenvalue weighted by Gasteiger charge is 2.19. The van der Waals surface area contributed by atoms with E-state index in [0.717, 1.165) is 64.2 Å². The zero-order chi connectivity index (χ0) is 38.6. The summed E-state index contributed by atoms with van der Waals surface area (Å²) >= 11 is 0. The summed E-state index contributed by atoms with van der Waals surface area (Å²) in [4.78, 5) is 12.3. The summed E-state index contributed by atoms with van der Waals surface area (Å²) < 4.78 is 0. The molecule has 53 heavy (non-hydrogen) atoms. The Hall–Kier alpha value is -2.17. The molecule has 0 aliphatic carbocycles. The molecule has 0 aromatic carbocycles. The smallest absolute Gasteiger partial charge is 0.220 e. The van der Waals surface area contributed by atoms with Crippen LogP contribution in [0.4, 0.5) is 0 Å². The van der Waals surface area contributed by atoms with E-state index in [9.17, 15) is 15.0 Å². The predicted octanol–water partition coefficient (Wildman–Crippen LogP) is 14.3. The summed E-state index contributed by atoms with van der Waals surface area (Å²) in [6.45, 7) is 4.21. The lowest BCUT2D eigenvalue weighted by molar-refractivity contribution is -0.123. The molecule has 0 bridgehead atoms. The van der Waals surface area contributed by atoms with E-state index in [-0.39, 0.29) is 12.5 Å². The summed E-state index contributed by atoms with van der Waals surface area (Å²) in [6, 6.07) is -0.536. The third-order valence-corrected chi connectivity index (χ3v) is 9.98. The molecule has 0 aliphatic rings. The third-order valence-electron chi connectivity index (χ3n) is 9.98. The van der Waals surface area contributed by atoms with Gasteiger partial charge in [0.15, 0.2) is 0 Å². The van der Waals surface area contributed by atoms with Crippen molar-refractivity contribution in [3.63, 3.8) is 0 Å². The average Bonchev–Trinajstić information content (AvgIpc) is 3.16. The second-order valence-corrected chi connectivity index (χ2v) is 15.1. The van der Waals surface area contributed by atoms with E-state index in [0.29, 0.717) is 12.8 Å². The summed E-state index contributed by atoms with van der Waals surface area (Å²) in [5, 5.41) is 23.0. The number of aliphatic hydroxyl groups excluding tert-OH is 2. The van der Waals surface area contributed by atoms with E-state index < -0.39 is 12.1 Å². The van der Waals surface area contributed by atoms with Gasteiger partial charge in [-0.1, -0.05) is 215 Å². The summed E-state index contributed by atoms with van der Waals surface area (Å²) in [5.41, 5.74) is 0. The number of hydrogen-bond donors (Lipinski definition) is 3. The van der Waals surface area contributed by atoms with Crippen LogP contribution in [0.25, 0.3) is 0 Å². The van der Waals surface area contributed by atoms with E-state index in [1.807, 2.05) is 0 Å². The normalized spacial score (nSPS) is 13.7. The van der Waals surface area contributed by atoms with Crippen LogP contribution in [0.3, 0.4) is 0 Å². The molecule has 0 saturated heterocycles. The van der Waals surface area contributed by atoms with E-state index in [2.05, 4.69) is 92.1 Å². The van der Waals surface area contributed by atoms with Crippen LogP contribution in [-0.2, 0) is 4.79 Å². The molecule has 0 saturated carbocycles. The maximum atomic E-state index is 12.3. The van der Waals surface area contributed by atoms with Crippen molar-refractivity contribution in [3.05, 3.63) is 72.9 Å². The second kappa shape index (κ2) is 44.2. The molecule has 4 heteroatoms. The van der Waals surface area contributed by atoms with Crippen LogP contribution in [-0.4, -0.2) is 34.9 Å². The van der Waals surface area contributed by atoms with E-state index >= 15 is 0 Å². The first-order valence-corrected chi connectivity index (χ1v) is 22.6. The lowest BCUT2D eigenvalue weighted by Gasteiger charge is -2.22. The fraction of sp³-hybridized carbons (Fsp3) is 0.735. The van der Waals surface area contributed by atoms with Crippen molar-refractivity contribution in [2.45, 2.75) is 225 Å². The van der Waals surface area contributed by atoms with E-state index in [1.165, 1.54) is 122 Å². The van der Waals surface area contributed by atoms with Crippen molar-refractivity contribution in [1.82, 2.24) is 5.32 Å². The van der Waals surface area contributed by atoms with Crippen LogP contribution in [0.5, 0.6) is 0 Å². The predicted molar refractivity (Wildman–Crippen MR) is 234 cm³/mol. The first-order valence-electron chi connectivity index (χ1n) is 22.6. The molecule has 0 fully saturated rings. The minimum Gasteiger partial charge on any atom is -0.394 e. The average molecular weight is 738 g/mol. The Balaban J connectivity index is 3.48. The lowest BCUT2D eigenvalue weighted by atomic mass is 10.0. The minimum absolute atomic E-state index is 0.0381. The first kappa shape index (κ1) is 50.8. The maximum Gasteiger partial charge on any atom is 0.220 e. The first-order chi connectivity index (χ1) is 26.2. The number of amides is 1. The zero-order valence-corrected chi connectivity index (χ0v) is 35.0. The molecule has 3 N–H and O–H groups in total. The number of allylic oxidation sites excluding steroid dienone is 12. The summed E-state index contributed by atoms with van der Waals surface area (Å²) in [5.74, 6) is -0.0381. The number of carbonyl (C=O) groups is 1. The summed E-state index contributed by atoms with van der Waals surface area (Å²) in [7, 11) is 0. The van der Waals surface area contributed by atoms with Gasteiger partial charge in [0.25, 0.3) is 0 Å². The van der Waals surface area contributed by atoms with Crippen LogP contribution in [0.1, 0.15) is 213 Å². The Morgan fingerprint density at radius 3 is 1.25 bits per heavy atom. The topological polar surface area (TPSA) is 69.6 Å². The lowest BCUT2D eigenvalue weighted by Crippen LogP contribution is -2.45. The number of nitrogens with one attached hydrogen (secondary N) is 1. The van der Waals surface area contributed by atoms with Crippen molar-refractivity contribution in [3.8, 4) is 0 Å². The van der Waals surface area contributed by atoms with Crippen LogP contribution in [0.15, 0.2) is 72.9 Å². The van der Waals surface area contributed by atoms with Gasteiger partial charge in [0.05, 0.1) is 18.8 Å². The van der Waals surface area contributed by atoms with Gasteiger partial charge in [-0.05, 0) is 64.2 Å². The number of rotatable bonds is 40. The molecule has 1 amide bonds. The van der Waals surface area contributed by atoms with Crippen LogP contribution in [0, 0.1) is 0 Å². The van der Waals surface area contributed by atoms with Gasteiger partial charge in [-0.2, -0.15) is 0 Å². The molecule has 2 unspecified atom stereocenters. The molecular formula is C49H87NO3. The van der Waals surface area contributed by atoms with Gasteiger partial charge in [-0.15, -0.1) is 0 Å². The molecule has 2 atom stereocenters. The number of hydrogen-bond acceptors (Lipinski definition) is 3.